The Labute approximate surface area is 248 Å². The van der Waals surface area contributed by atoms with Gasteiger partial charge in [0.1, 0.15) is 5.75 Å². The molecule has 1 aliphatic heterocycles. The van der Waals surface area contributed by atoms with Gasteiger partial charge in [0.2, 0.25) is 0 Å². The number of amides is 1. The molecule has 1 amide bonds. The van der Waals surface area contributed by atoms with Gasteiger partial charge in [0.25, 0.3) is 5.91 Å². The van der Waals surface area contributed by atoms with Crippen LogP contribution in [0.1, 0.15) is 27.0 Å². The molecule has 214 valence electrons. The number of ether oxygens (including phenoxy) is 3. The van der Waals surface area contributed by atoms with Crippen molar-refractivity contribution in [2.45, 2.75) is 19.4 Å². The monoisotopic (exact) mass is 580 g/mol. The molecule has 0 saturated heterocycles. The molecule has 1 aromatic heterocycles. The maximum absolute atomic E-state index is 13.4. The lowest BCUT2D eigenvalue weighted by atomic mass is 9.98. The standard InChI is InChI=1S/C34H32N2O5S/c1-39-28-9-5-7-26-31(37)25-6-4-8-27(32(25)42-33(26)28)34(38)35-24-12-10-21(11-13-24)14-16-36-17-15-22-18-29(40-2)30(41-3)19-23(22)20-36/h4-13,18-19H,14-17,20H2,1-3H3,(H,35,38). The molecule has 8 heteroatoms. The van der Waals surface area contributed by atoms with E-state index in [-0.39, 0.29) is 11.3 Å². The first kappa shape index (κ1) is 27.8. The molecule has 1 N–H and O–H groups in total. The first-order chi connectivity index (χ1) is 20.5. The lowest BCUT2D eigenvalue weighted by Crippen LogP contribution is -2.32. The van der Waals surface area contributed by atoms with Crippen molar-refractivity contribution in [3.63, 3.8) is 0 Å². The predicted molar refractivity (Wildman–Crippen MR) is 169 cm³/mol. The van der Waals surface area contributed by atoms with Crippen LogP contribution in [0.4, 0.5) is 5.69 Å². The number of anilines is 1. The van der Waals surface area contributed by atoms with Gasteiger partial charge in [0.15, 0.2) is 16.9 Å². The highest BCUT2D eigenvalue weighted by atomic mass is 32.1. The van der Waals surface area contributed by atoms with Crippen molar-refractivity contribution >= 4 is 43.1 Å². The Balaban J connectivity index is 1.14. The molecule has 4 aromatic carbocycles. The molecular weight excluding hydrogens is 548 g/mol. The predicted octanol–water partition coefficient (Wildman–Crippen LogP) is 6.29. The minimum absolute atomic E-state index is 0.104. The smallest absolute Gasteiger partial charge is 0.257 e. The largest absolute Gasteiger partial charge is 0.495 e. The van der Waals surface area contributed by atoms with Crippen molar-refractivity contribution in [1.82, 2.24) is 4.90 Å². The van der Waals surface area contributed by atoms with Crippen molar-refractivity contribution in [3.8, 4) is 17.2 Å². The number of benzene rings is 4. The summed E-state index contributed by atoms with van der Waals surface area (Å²) in [6, 6.07) is 22.9. The normalized spacial score (nSPS) is 13.1. The number of methoxy groups -OCH3 is 3. The highest BCUT2D eigenvalue weighted by Crippen LogP contribution is 2.35. The Kier molecular flexibility index (Phi) is 7.82. The zero-order valence-corrected chi connectivity index (χ0v) is 24.7. The third-order valence-corrected chi connectivity index (χ3v) is 9.15. The summed E-state index contributed by atoms with van der Waals surface area (Å²) in [4.78, 5) is 29.0. The second-order valence-corrected chi connectivity index (χ2v) is 11.4. The number of fused-ring (bicyclic) bond motifs is 3. The Morgan fingerprint density at radius 1 is 0.833 bits per heavy atom. The zero-order chi connectivity index (χ0) is 29.2. The molecular formula is C34H32N2O5S. The van der Waals surface area contributed by atoms with Crippen LogP contribution in [0.25, 0.3) is 20.2 Å². The van der Waals surface area contributed by atoms with E-state index in [1.54, 1.807) is 45.6 Å². The summed E-state index contributed by atoms with van der Waals surface area (Å²) in [5, 5.41) is 4.13. The van der Waals surface area contributed by atoms with E-state index in [9.17, 15) is 9.59 Å². The van der Waals surface area contributed by atoms with Crippen LogP contribution in [0.15, 0.2) is 77.6 Å². The average Bonchev–Trinajstić information content (AvgIpc) is 3.03. The van der Waals surface area contributed by atoms with Crippen molar-refractivity contribution in [2.24, 2.45) is 0 Å². The summed E-state index contributed by atoms with van der Waals surface area (Å²) in [7, 11) is 4.92. The fourth-order valence-electron chi connectivity index (χ4n) is 5.59. The van der Waals surface area contributed by atoms with Crippen LogP contribution in [0, 0.1) is 0 Å². The zero-order valence-electron chi connectivity index (χ0n) is 23.9. The molecule has 0 radical (unpaired) electrons. The van der Waals surface area contributed by atoms with Gasteiger partial charge in [-0.2, -0.15) is 0 Å². The second kappa shape index (κ2) is 11.8. The van der Waals surface area contributed by atoms with Crippen LogP contribution in [0.3, 0.4) is 0 Å². The lowest BCUT2D eigenvalue weighted by Gasteiger charge is -2.29. The van der Waals surface area contributed by atoms with Crippen molar-refractivity contribution in [2.75, 3.05) is 39.7 Å². The minimum Gasteiger partial charge on any atom is -0.495 e. The molecule has 5 aromatic rings. The van der Waals surface area contributed by atoms with Crippen LogP contribution in [-0.2, 0) is 19.4 Å². The van der Waals surface area contributed by atoms with Gasteiger partial charge in [0, 0.05) is 36.1 Å². The molecule has 6 rings (SSSR count). The fraction of sp³-hybridized carbons (Fsp3) is 0.235. The van der Waals surface area contributed by atoms with Gasteiger partial charge >= 0.3 is 0 Å². The number of rotatable bonds is 8. The number of nitrogens with one attached hydrogen (secondary N) is 1. The van der Waals surface area contributed by atoms with Gasteiger partial charge in [-0.3, -0.25) is 14.5 Å². The van der Waals surface area contributed by atoms with Gasteiger partial charge in [-0.25, -0.2) is 0 Å². The van der Waals surface area contributed by atoms with Gasteiger partial charge in [-0.1, -0.05) is 24.3 Å². The van der Waals surface area contributed by atoms with E-state index in [4.69, 9.17) is 14.2 Å². The summed E-state index contributed by atoms with van der Waals surface area (Å²) in [5.41, 5.74) is 4.86. The summed E-state index contributed by atoms with van der Waals surface area (Å²) < 4.78 is 17.8. The SMILES string of the molecule is COc1cc2c(cc1OC)CN(CCc1ccc(NC(=O)c3cccc4c(=O)c5cccc(OC)c5sc34)cc1)CC2. The van der Waals surface area contributed by atoms with E-state index >= 15 is 0 Å². The molecule has 0 unspecified atom stereocenters. The van der Waals surface area contributed by atoms with E-state index in [1.165, 1.54) is 28.0 Å². The second-order valence-electron chi connectivity index (χ2n) is 10.4. The third kappa shape index (κ3) is 5.31. The molecule has 0 atom stereocenters. The number of hydrogen-bond donors (Lipinski definition) is 1. The fourth-order valence-corrected chi connectivity index (χ4v) is 6.85. The van der Waals surface area contributed by atoms with Crippen LogP contribution in [0.5, 0.6) is 17.2 Å². The van der Waals surface area contributed by atoms with Crippen LogP contribution in [0.2, 0.25) is 0 Å². The average molecular weight is 581 g/mol. The van der Waals surface area contributed by atoms with Gasteiger partial charge < -0.3 is 19.5 Å². The summed E-state index contributed by atoms with van der Waals surface area (Å²) >= 11 is 1.40. The highest BCUT2D eigenvalue weighted by molar-refractivity contribution is 7.25. The molecule has 0 saturated carbocycles. The van der Waals surface area contributed by atoms with Crippen LogP contribution < -0.4 is 25.0 Å². The topological polar surface area (TPSA) is 77.1 Å². The molecule has 2 heterocycles. The van der Waals surface area contributed by atoms with Gasteiger partial charge in [0.05, 0.1) is 36.3 Å². The number of hydrogen-bond acceptors (Lipinski definition) is 7. The molecule has 1 aliphatic rings. The first-order valence-electron chi connectivity index (χ1n) is 13.9. The number of nitrogens with zero attached hydrogens (tertiary/aromatic N) is 1. The maximum Gasteiger partial charge on any atom is 0.257 e. The van der Waals surface area contributed by atoms with E-state index < -0.39 is 0 Å². The lowest BCUT2D eigenvalue weighted by molar-refractivity contribution is 0.102. The number of carbonyl (C=O) groups is 1. The van der Waals surface area contributed by atoms with Crippen molar-refractivity contribution < 1.29 is 19.0 Å². The summed E-state index contributed by atoms with van der Waals surface area (Å²) in [6.07, 6.45) is 1.88. The molecule has 7 nitrogen and oxygen atoms in total. The van der Waals surface area contributed by atoms with Crippen LogP contribution in [-0.4, -0.2) is 45.2 Å². The summed E-state index contributed by atoms with van der Waals surface area (Å²) in [6.45, 7) is 2.81. The first-order valence-corrected chi connectivity index (χ1v) is 14.7. The van der Waals surface area contributed by atoms with E-state index in [0.717, 1.165) is 48.7 Å². The number of carbonyl (C=O) groups excluding carboxylic acids is 1. The molecule has 0 fully saturated rings. The van der Waals surface area contributed by atoms with Gasteiger partial charge in [-0.15, -0.1) is 11.3 Å². The third-order valence-electron chi connectivity index (χ3n) is 7.88. The molecule has 0 aliphatic carbocycles. The Morgan fingerprint density at radius 3 is 2.21 bits per heavy atom. The summed E-state index contributed by atoms with van der Waals surface area (Å²) in [5.74, 6) is 1.91. The van der Waals surface area contributed by atoms with E-state index in [1.807, 2.05) is 24.3 Å². The Hall–Kier alpha value is -4.40. The Bertz CT molecular complexity index is 1850. The van der Waals surface area contributed by atoms with E-state index in [0.29, 0.717) is 32.5 Å². The molecule has 0 spiro atoms. The Morgan fingerprint density at radius 2 is 1.50 bits per heavy atom. The van der Waals surface area contributed by atoms with Crippen LogP contribution >= 0.6 is 11.3 Å². The van der Waals surface area contributed by atoms with E-state index in [2.05, 4.69) is 34.5 Å². The van der Waals surface area contributed by atoms with Gasteiger partial charge in [-0.05, 0) is 78.1 Å². The van der Waals surface area contributed by atoms with Crippen molar-refractivity contribution in [3.05, 3.63) is 105 Å². The quantitative estimate of drug-likeness (QED) is 0.217. The molecule has 42 heavy (non-hydrogen) atoms. The highest BCUT2D eigenvalue weighted by Gasteiger charge is 2.20. The minimum atomic E-state index is -0.253. The van der Waals surface area contributed by atoms with Crippen molar-refractivity contribution in [1.29, 1.82) is 0 Å². The molecule has 0 bridgehead atoms. The maximum atomic E-state index is 13.4.